The Kier molecular flexibility index (Phi) is 2.78. The molecule has 0 amide bonds. The van der Waals surface area contributed by atoms with E-state index in [9.17, 15) is 0 Å². The smallest absolute Gasteiger partial charge is 0.0687 e. The topological polar surface area (TPSA) is 9.23 Å². The zero-order chi connectivity index (χ0) is 8.93. The Balaban J connectivity index is 1.64. The van der Waals surface area contributed by atoms with Gasteiger partial charge in [-0.3, -0.25) is 0 Å². The van der Waals surface area contributed by atoms with Gasteiger partial charge < -0.3 is 4.74 Å². The molecule has 0 saturated carbocycles. The molecule has 0 aliphatic heterocycles. The highest BCUT2D eigenvalue weighted by atomic mass is 16.5. The molecule has 0 heterocycles. The molecule has 0 atom stereocenters. The summed E-state index contributed by atoms with van der Waals surface area (Å²) in [5.41, 5.74) is 2.76. The van der Waals surface area contributed by atoms with Crippen molar-refractivity contribution in [1.29, 1.82) is 0 Å². The first kappa shape index (κ1) is 8.52. The van der Waals surface area contributed by atoms with E-state index in [-0.39, 0.29) is 0 Å². The Morgan fingerprint density at radius 1 is 0.923 bits per heavy atom. The molecule has 0 unspecified atom stereocenters. The van der Waals surface area contributed by atoms with Crippen molar-refractivity contribution in [2.45, 2.75) is 12.8 Å². The summed E-state index contributed by atoms with van der Waals surface area (Å²) in [6.45, 7) is 1.56. The molecule has 2 aliphatic rings. The summed E-state index contributed by atoms with van der Waals surface area (Å²) in [4.78, 5) is 0. The van der Waals surface area contributed by atoms with Gasteiger partial charge in [0.15, 0.2) is 0 Å². The molecule has 2 aliphatic carbocycles. The largest absolute Gasteiger partial charge is 0.373 e. The quantitative estimate of drug-likeness (QED) is 0.636. The number of hydrogen-bond acceptors (Lipinski definition) is 1. The van der Waals surface area contributed by atoms with Gasteiger partial charge in [0, 0.05) is 0 Å². The van der Waals surface area contributed by atoms with Crippen LogP contribution in [-0.2, 0) is 4.74 Å². The van der Waals surface area contributed by atoms with Crippen LogP contribution in [0.25, 0.3) is 0 Å². The Bertz CT molecular complexity index is 262. The summed E-state index contributed by atoms with van der Waals surface area (Å²) in [6.07, 6.45) is 14.9. The minimum atomic E-state index is 0.782. The van der Waals surface area contributed by atoms with Crippen LogP contribution >= 0.6 is 0 Å². The van der Waals surface area contributed by atoms with Gasteiger partial charge >= 0.3 is 0 Å². The van der Waals surface area contributed by atoms with E-state index in [1.807, 2.05) is 0 Å². The second-order valence-corrected chi connectivity index (χ2v) is 3.41. The van der Waals surface area contributed by atoms with E-state index in [2.05, 4.69) is 36.5 Å². The van der Waals surface area contributed by atoms with E-state index in [0.717, 1.165) is 26.1 Å². The minimum absolute atomic E-state index is 0.782. The van der Waals surface area contributed by atoms with Crippen molar-refractivity contribution < 1.29 is 4.74 Å². The van der Waals surface area contributed by atoms with Gasteiger partial charge in [-0.05, 0) is 24.0 Å². The van der Waals surface area contributed by atoms with Gasteiger partial charge in [0.25, 0.3) is 0 Å². The zero-order valence-electron chi connectivity index (χ0n) is 7.70. The molecule has 1 nitrogen and oxygen atoms in total. The van der Waals surface area contributed by atoms with Gasteiger partial charge in [-0.2, -0.15) is 0 Å². The summed E-state index contributed by atoms with van der Waals surface area (Å²) in [6, 6.07) is 0. The molecule has 13 heavy (non-hydrogen) atoms. The third-order valence-corrected chi connectivity index (χ3v) is 2.27. The fraction of sp³-hybridized carbons (Fsp3) is 0.333. The standard InChI is InChI=1S/C12H14O/c1-2-6-11(5-1)9-13-10-12-7-3-4-8-12/h1-5,7H,6,8-10H2. The first-order valence-electron chi connectivity index (χ1n) is 4.72. The van der Waals surface area contributed by atoms with Crippen LogP contribution in [0.5, 0.6) is 0 Å². The third kappa shape index (κ3) is 2.43. The van der Waals surface area contributed by atoms with Crippen LogP contribution in [0, 0.1) is 0 Å². The second-order valence-electron chi connectivity index (χ2n) is 3.41. The van der Waals surface area contributed by atoms with E-state index >= 15 is 0 Å². The predicted octanol–water partition coefficient (Wildman–Crippen LogP) is 2.78. The maximum atomic E-state index is 5.58. The van der Waals surface area contributed by atoms with Crippen LogP contribution in [0.1, 0.15) is 12.8 Å². The molecule has 0 N–H and O–H groups in total. The average molecular weight is 174 g/mol. The molecule has 0 saturated heterocycles. The normalized spacial score (nSPS) is 19.4. The monoisotopic (exact) mass is 174 g/mol. The highest BCUT2D eigenvalue weighted by molar-refractivity contribution is 5.24. The van der Waals surface area contributed by atoms with Crippen LogP contribution in [0.2, 0.25) is 0 Å². The van der Waals surface area contributed by atoms with Gasteiger partial charge in [0.1, 0.15) is 0 Å². The maximum absolute atomic E-state index is 5.58. The summed E-state index contributed by atoms with van der Waals surface area (Å²) in [5, 5.41) is 0. The van der Waals surface area contributed by atoms with Crippen molar-refractivity contribution in [3.05, 3.63) is 47.6 Å². The second kappa shape index (κ2) is 4.24. The van der Waals surface area contributed by atoms with Crippen molar-refractivity contribution in [2.24, 2.45) is 0 Å². The Hall–Kier alpha value is -1.08. The molecule has 0 aromatic carbocycles. The predicted molar refractivity (Wildman–Crippen MR) is 54.5 cm³/mol. The average Bonchev–Trinajstić information content (AvgIpc) is 2.75. The molecular weight excluding hydrogens is 160 g/mol. The molecule has 0 spiro atoms. The number of allylic oxidation sites excluding steroid dienone is 6. The Labute approximate surface area is 79.1 Å². The molecule has 0 bridgehead atoms. The highest BCUT2D eigenvalue weighted by Gasteiger charge is 2.02. The van der Waals surface area contributed by atoms with E-state index in [1.54, 1.807) is 0 Å². The van der Waals surface area contributed by atoms with Crippen molar-refractivity contribution in [2.75, 3.05) is 13.2 Å². The van der Waals surface area contributed by atoms with Gasteiger partial charge in [-0.25, -0.2) is 0 Å². The maximum Gasteiger partial charge on any atom is 0.0687 e. The summed E-state index contributed by atoms with van der Waals surface area (Å²) >= 11 is 0. The molecule has 0 aromatic rings. The van der Waals surface area contributed by atoms with E-state index in [4.69, 9.17) is 4.74 Å². The molecule has 1 heteroatoms. The van der Waals surface area contributed by atoms with Gasteiger partial charge in [0.05, 0.1) is 13.2 Å². The van der Waals surface area contributed by atoms with Crippen molar-refractivity contribution >= 4 is 0 Å². The van der Waals surface area contributed by atoms with Crippen molar-refractivity contribution in [1.82, 2.24) is 0 Å². The van der Waals surface area contributed by atoms with E-state index < -0.39 is 0 Å². The first-order valence-corrected chi connectivity index (χ1v) is 4.72. The van der Waals surface area contributed by atoms with Crippen LogP contribution in [-0.4, -0.2) is 13.2 Å². The number of rotatable bonds is 4. The summed E-state index contributed by atoms with van der Waals surface area (Å²) in [7, 11) is 0. The Morgan fingerprint density at radius 3 is 1.85 bits per heavy atom. The SMILES string of the molecule is C1=CCC(COCC2=CC=CC2)=C1. The lowest BCUT2D eigenvalue weighted by atomic mass is 10.2. The van der Waals surface area contributed by atoms with Crippen LogP contribution in [0.15, 0.2) is 47.6 Å². The number of ether oxygens (including phenoxy) is 1. The molecule has 2 rings (SSSR count). The highest BCUT2D eigenvalue weighted by Crippen LogP contribution is 2.13. The van der Waals surface area contributed by atoms with Crippen molar-refractivity contribution in [3.63, 3.8) is 0 Å². The summed E-state index contributed by atoms with van der Waals surface area (Å²) in [5.74, 6) is 0. The van der Waals surface area contributed by atoms with Crippen LogP contribution in [0.3, 0.4) is 0 Å². The lowest BCUT2D eigenvalue weighted by Crippen LogP contribution is -2.00. The Morgan fingerprint density at radius 2 is 1.46 bits per heavy atom. The van der Waals surface area contributed by atoms with Gasteiger partial charge in [-0.15, -0.1) is 0 Å². The van der Waals surface area contributed by atoms with Gasteiger partial charge in [0.2, 0.25) is 0 Å². The lowest BCUT2D eigenvalue weighted by Gasteiger charge is -2.05. The molecule has 68 valence electrons. The minimum Gasteiger partial charge on any atom is -0.373 e. The van der Waals surface area contributed by atoms with Crippen molar-refractivity contribution in [3.8, 4) is 0 Å². The zero-order valence-corrected chi connectivity index (χ0v) is 7.70. The number of hydrogen-bond donors (Lipinski definition) is 0. The van der Waals surface area contributed by atoms with E-state index in [1.165, 1.54) is 11.1 Å². The molecule has 0 fully saturated rings. The third-order valence-electron chi connectivity index (χ3n) is 2.27. The first-order chi connectivity index (χ1) is 6.45. The summed E-state index contributed by atoms with van der Waals surface area (Å²) < 4.78 is 5.58. The molecular formula is C12H14O. The fourth-order valence-corrected chi connectivity index (χ4v) is 1.51. The van der Waals surface area contributed by atoms with Crippen LogP contribution < -0.4 is 0 Å². The molecule has 0 radical (unpaired) electrons. The van der Waals surface area contributed by atoms with Crippen LogP contribution in [0.4, 0.5) is 0 Å². The molecule has 0 aromatic heterocycles. The fourth-order valence-electron chi connectivity index (χ4n) is 1.51. The lowest BCUT2D eigenvalue weighted by molar-refractivity contribution is 0.178. The van der Waals surface area contributed by atoms with Gasteiger partial charge in [-0.1, -0.05) is 36.5 Å². The van der Waals surface area contributed by atoms with E-state index in [0.29, 0.717) is 0 Å².